The van der Waals surface area contributed by atoms with Crippen LogP contribution in [0.2, 0.25) is 0 Å². The normalized spacial score (nSPS) is 16.2. The molecule has 112 valence electrons. The number of nitrogens with zero attached hydrogens (tertiary/aromatic N) is 1. The van der Waals surface area contributed by atoms with E-state index in [0.29, 0.717) is 16.7 Å². The van der Waals surface area contributed by atoms with E-state index >= 15 is 0 Å². The Morgan fingerprint density at radius 2 is 1.59 bits per heavy atom. The van der Waals surface area contributed by atoms with Gasteiger partial charge in [-0.05, 0) is 30.5 Å². The fraction of sp³-hybridized carbons (Fsp3) is 0.278. The summed E-state index contributed by atoms with van der Waals surface area (Å²) in [6, 6.07) is 10.6. The maximum absolute atomic E-state index is 12.8. The molecule has 1 aromatic heterocycles. The standard InChI is InChI=1S/C18H16BrNO2/c1-10(2)15-9-12(8-11(3)20-15)18(19)16(21)13-6-4-5-7-14(13)17(18)22/h4-10H,1-3H3. The number of hydrogen-bond donors (Lipinski definition) is 0. The lowest BCUT2D eigenvalue weighted by Gasteiger charge is -2.21. The number of ketones is 2. The van der Waals surface area contributed by atoms with Gasteiger partial charge in [0.05, 0.1) is 0 Å². The second-order valence-corrected chi connectivity index (χ2v) is 7.13. The third-order valence-corrected chi connectivity index (χ3v) is 5.18. The third-order valence-electron chi connectivity index (χ3n) is 4.00. The van der Waals surface area contributed by atoms with Gasteiger partial charge in [0.25, 0.3) is 0 Å². The first-order chi connectivity index (χ1) is 10.4. The van der Waals surface area contributed by atoms with E-state index in [1.165, 1.54) is 0 Å². The van der Waals surface area contributed by atoms with Crippen LogP contribution < -0.4 is 0 Å². The van der Waals surface area contributed by atoms with Gasteiger partial charge in [-0.2, -0.15) is 0 Å². The van der Waals surface area contributed by atoms with Crippen molar-refractivity contribution in [2.45, 2.75) is 31.0 Å². The lowest BCUT2D eigenvalue weighted by atomic mass is 9.92. The summed E-state index contributed by atoms with van der Waals surface area (Å²) in [5.74, 6) is -0.175. The minimum Gasteiger partial charge on any atom is -0.292 e. The summed E-state index contributed by atoms with van der Waals surface area (Å²) in [6.07, 6.45) is 0. The Bertz CT molecular complexity index is 760. The van der Waals surface area contributed by atoms with Crippen LogP contribution in [-0.2, 0) is 4.32 Å². The van der Waals surface area contributed by atoms with E-state index in [2.05, 4.69) is 20.9 Å². The molecule has 0 bridgehead atoms. The molecule has 0 amide bonds. The van der Waals surface area contributed by atoms with Gasteiger partial charge in [-0.15, -0.1) is 0 Å². The van der Waals surface area contributed by atoms with Gasteiger partial charge in [0.1, 0.15) is 0 Å². The van der Waals surface area contributed by atoms with Crippen molar-refractivity contribution < 1.29 is 9.59 Å². The van der Waals surface area contributed by atoms with E-state index in [4.69, 9.17) is 0 Å². The Labute approximate surface area is 137 Å². The molecule has 0 saturated heterocycles. The second-order valence-electron chi connectivity index (χ2n) is 5.94. The maximum atomic E-state index is 12.8. The molecule has 0 saturated carbocycles. The molecule has 1 aliphatic carbocycles. The van der Waals surface area contributed by atoms with Crippen LogP contribution in [0.3, 0.4) is 0 Å². The molecule has 0 radical (unpaired) electrons. The van der Waals surface area contributed by atoms with E-state index < -0.39 is 4.32 Å². The van der Waals surface area contributed by atoms with Crippen molar-refractivity contribution in [2.75, 3.05) is 0 Å². The first kappa shape index (κ1) is 15.1. The highest BCUT2D eigenvalue weighted by Crippen LogP contribution is 2.45. The first-order valence-corrected chi connectivity index (χ1v) is 8.01. The second kappa shape index (κ2) is 5.13. The van der Waals surface area contributed by atoms with Gasteiger partial charge in [0, 0.05) is 22.5 Å². The molecule has 4 heteroatoms. The van der Waals surface area contributed by atoms with Crippen molar-refractivity contribution >= 4 is 27.5 Å². The Hall–Kier alpha value is -1.81. The highest BCUT2D eigenvalue weighted by Gasteiger charge is 2.52. The molecular weight excluding hydrogens is 342 g/mol. The highest BCUT2D eigenvalue weighted by atomic mass is 79.9. The van der Waals surface area contributed by atoms with E-state index in [0.717, 1.165) is 11.4 Å². The molecule has 0 fully saturated rings. The minimum atomic E-state index is -1.33. The lowest BCUT2D eigenvalue weighted by Crippen LogP contribution is -2.31. The monoisotopic (exact) mass is 357 g/mol. The van der Waals surface area contributed by atoms with Crippen LogP contribution in [0.15, 0.2) is 36.4 Å². The first-order valence-electron chi connectivity index (χ1n) is 7.22. The quantitative estimate of drug-likeness (QED) is 0.598. The fourth-order valence-corrected chi connectivity index (χ4v) is 3.46. The summed E-state index contributed by atoms with van der Waals surface area (Å²) in [5.41, 5.74) is 3.30. The molecule has 0 atom stereocenters. The average Bonchev–Trinajstić information content (AvgIpc) is 2.70. The van der Waals surface area contributed by atoms with Crippen LogP contribution in [0.4, 0.5) is 0 Å². The van der Waals surface area contributed by atoms with Gasteiger partial charge >= 0.3 is 0 Å². The van der Waals surface area contributed by atoms with Crippen molar-refractivity contribution in [2.24, 2.45) is 0 Å². The SMILES string of the molecule is Cc1cc(C2(Br)C(=O)c3ccccc3C2=O)cc(C(C)C)n1. The number of pyridine rings is 1. The number of hydrogen-bond acceptors (Lipinski definition) is 3. The number of carbonyl (C=O) groups is 2. The number of carbonyl (C=O) groups excluding carboxylic acids is 2. The number of Topliss-reactive ketones (excluding diaryl/α,β-unsaturated/α-hetero) is 2. The molecule has 0 N–H and O–H groups in total. The van der Waals surface area contributed by atoms with Gasteiger partial charge in [0.15, 0.2) is 15.9 Å². The summed E-state index contributed by atoms with van der Waals surface area (Å²) in [7, 11) is 0. The number of fused-ring (bicyclic) bond motifs is 1. The Balaban J connectivity index is 2.21. The predicted octanol–water partition coefficient (Wildman–Crippen LogP) is 4.18. The minimum absolute atomic E-state index is 0.201. The van der Waals surface area contributed by atoms with E-state index in [9.17, 15) is 9.59 Å². The van der Waals surface area contributed by atoms with Crippen LogP contribution in [0.5, 0.6) is 0 Å². The smallest absolute Gasteiger partial charge is 0.192 e. The van der Waals surface area contributed by atoms with Gasteiger partial charge in [-0.25, -0.2) is 0 Å². The number of halogens is 1. The Morgan fingerprint density at radius 1 is 1.05 bits per heavy atom. The molecule has 1 aliphatic rings. The van der Waals surface area contributed by atoms with Crippen molar-refractivity contribution in [1.29, 1.82) is 0 Å². The third kappa shape index (κ3) is 2.05. The number of rotatable bonds is 2. The molecule has 22 heavy (non-hydrogen) atoms. The summed E-state index contributed by atoms with van der Waals surface area (Å²) < 4.78 is -1.33. The van der Waals surface area contributed by atoms with E-state index in [-0.39, 0.29) is 17.5 Å². The fourth-order valence-electron chi connectivity index (χ4n) is 2.80. The zero-order chi connectivity index (χ0) is 16.1. The van der Waals surface area contributed by atoms with Crippen molar-refractivity contribution in [1.82, 2.24) is 4.98 Å². The molecule has 3 rings (SSSR count). The zero-order valence-corrected chi connectivity index (χ0v) is 14.3. The molecular formula is C18H16BrNO2. The molecule has 1 heterocycles. The van der Waals surface area contributed by atoms with Gasteiger partial charge in [-0.1, -0.05) is 54.0 Å². The lowest BCUT2D eigenvalue weighted by molar-refractivity contribution is 0.0871. The van der Waals surface area contributed by atoms with Gasteiger partial charge in [0.2, 0.25) is 0 Å². The molecule has 3 nitrogen and oxygen atoms in total. The molecule has 0 aliphatic heterocycles. The topological polar surface area (TPSA) is 47.0 Å². The number of aromatic nitrogens is 1. The van der Waals surface area contributed by atoms with Crippen molar-refractivity contribution in [3.05, 3.63) is 64.5 Å². The maximum Gasteiger partial charge on any atom is 0.192 e. The Morgan fingerprint density at radius 3 is 2.09 bits per heavy atom. The van der Waals surface area contributed by atoms with Crippen LogP contribution in [0.1, 0.15) is 57.4 Å². The predicted molar refractivity (Wildman–Crippen MR) is 88.8 cm³/mol. The molecule has 2 aromatic rings. The van der Waals surface area contributed by atoms with Crippen molar-refractivity contribution in [3.8, 4) is 0 Å². The highest BCUT2D eigenvalue weighted by molar-refractivity contribution is 9.10. The van der Waals surface area contributed by atoms with Crippen molar-refractivity contribution in [3.63, 3.8) is 0 Å². The summed E-state index contributed by atoms with van der Waals surface area (Å²) >= 11 is 3.46. The molecule has 0 spiro atoms. The van der Waals surface area contributed by atoms with Crippen LogP contribution in [0.25, 0.3) is 0 Å². The summed E-state index contributed by atoms with van der Waals surface area (Å²) in [4.78, 5) is 30.2. The summed E-state index contributed by atoms with van der Waals surface area (Å²) in [5, 5.41) is 0. The van der Waals surface area contributed by atoms with Gasteiger partial charge in [-0.3, -0.25) is 14.6 Å². The molecule has 1 aromatic carbocycles. The number of alkyl halides is 1. The molecule has 0 unspecified atom stereocenters. The average molecular weight is 358 g/mol. The van der Waals surface area contributed by atoms with Crippen LogP contribution in [-0.4, -0.2) is 16.6 Å². The Kier molecular flexibility index (Phi) is 3.52. The largest absolute Gasteiger partial charge is 0.292 e. The van der Waals surface area contributed by atoms with Crippen LogP contribution in [0, 0.1) is 6.92 Å². The van der Waals surface area contributed by atoms with E-state index in [1.54, 1.807) is 24.3 Å². The zero-order valence-electron chi connectivity index (χ0n) is 12.7. The number of aryl methyl sites for hydroxylation is 1. The number of benzene rings is 1. The summed E-state index contributed by atoms with van der Waals surface area (Å²) in [6.45, 7) is 5.96. The van der Waals surface area contributed by atoms with Gasteiger partial charge < -0.3 is 0 Å². The van der Waals surface area contributed by atoms with Crippen LogP contribution >= 0.6 is 15.9 Å². The van der Waals surface area contributed by atoms with E-state index in [1.807, 2.05) is 32.9 Å².